The molecule has 3 heteroatoms. The summed E-state index contributed by atoms with van der Waals surface area (Å²) in [5.74, 6) is 1.03. The van der Waals surface area contributed by atoms with Crippen molar-refractivity contribution in [2.24, 2.45) is 0 Å². The van der Waals surface area contributed by atoms with E-state index in [4.69, 9.17) is 4.74 Å². The molecule has 1 atom stereocenters. The van der Waals surface area contributed by atoms with E-state index in [-0.39, 0.29) is 12.4 Å². The number of nitrogens with zero attached hydrogens (tertiary/aromatic N) is 1. The van der Waals surface area contributed by atoms with Gasteiger partial charge in [0.1, 0.15) is 12.4 Å². The number of likely N-dealkylation sites (tertiary alicyclic amines) is 1. The molecule has 1 heterocycles. The van der Waals surface area contributed by atoms with E-state index in [0.717, 1.165) is 18.8 Å². The van der Waals surface area contributed by atoms with E-state index in [2.05, 4.69) is 66.4 Å². The van der Waals surface area contributed by atoms with Gasteiger partial charge in [-0.05, 0) is 50.0 Å². The van der Waals surface area contributed by atoms with Crippen LogP contribution in [0.25, 0.3) is 0 Å². The SMILES string of the molecule is CC(COc1ccccc1Cc1ccccc1)N1CCCCC1.Cl. The first-order valence-corrected chi connectivity index (χ1v) is 8.81. The second-order valence-corrected chi connectivity index (χ2v) is 6.53. The summed E-state index contributed by atoms with van der Waals surface area (Å²) in [4.78, 5) is 2.56. The summed E-state index contributed by atoms with van der Waals surface area (Å²) in [6, 6.07) is 19.5. The van der Waals surface area contributed by atoms with Gasteiger partial charge >= 0.3 is 0 Å². The van der Waals surface area contributed by atoms with Crippen molar-refractivity contribution in [1.82, 2.24) is 4.90 Å². The summed E-state index contributed by atoms with van der Waals surface area (Å²) in [7, 11) is 0. The van der Waals surface area contributed by atoms with Crippen LogP contribution >= 0.6 is 12.4 Å². The molecule has 1 fully saturated rings. The van der Waals surface area contributed by atoms with Crippen molar-refractivity contribution in [3.8, 4) is 5.75 Å². The van der Waals surface area contributed by atoms with E-state index in [9.17, 15) is 0 Å². The van der Waals surface area contributed by atoms with E-state index in [1.165, 1.54) is 43.5 Å². The minimum absolute atomic E-state index is 0. The van der Waals surface area contributed by atoms with E-state index < -0.39 is 0 Å². The van der Waals surface area contributed by atoms with Gasteiger partial charge in [0.25, 0.3) is 0 Å². The highest BCUT2D eigenvalue weighted by Crippen LogP contribution is 2.22. The summed E-state index contributed by atoms with van der Waals surface area (Å²) < 4.78 is 6.18. The molecule has 2 nitrogen and oxygen atoms in total. The third-order valence-corrected chi connectivity index (χ3v) is 4.70. The Hall–Kier alpha value is -1.51. The van der Waals surface area contributed by atoms with Crippen LogP contribution in [-0.2, 0) is 6.42 Å². The Morgan fingerprint density at radius 3 is 2.33 bits per heavy atom. The molecule has 2 aromatic carbocycles. The van der Waals surface area contributed by atoms with Crippen molar-refractivity contribution in [3.63, 3.8) is 0 Å². The molecule has 0 saturated carbocycles. The van der Waals surface area contributed by atoms with Gasteiger partial charge in [-0.25, -0.2) is 0 Å². The predicted molar refractivity (Wildman–Crippen MR) is 103 cm³/mol. The molecular formula is C21H28ClNO. The molecule has 0 bridgehead atoms. The first-order chi connectivity index (χ1) is 11.3. The van der Waals surface area contributed by atoms with Crippen LogP contribution in [0.5, 0.6) is 5.75 Å². The lowest BCUT2D eigenvalue weighted by atomic mass is 10.0. The Morgan fingerprint density at radius 2 is 1.58 bits per heavy atom. The molecule has 3 rings (SSSR count). The molecule has 130 valence electrons. The fourth-order valence-electron chi connectivity index (χ4n) is 3.28. The quantitative estimate of drug-likeness (QED) is 0.734. The topological polar surface area (TPSA) is 12.5 Å². The number of benzene rings is 2. The van der Waals surface area contributed by atoms with Crippen molar-refractivity contribution in [2.75, 3.05) is 19.7 Å². The average Bonchev–Trinajstić information content (AvgIpc) is 2.62. The first kappa shape index (κ1) is 18.8. The van der Waals surface area contributed by atoms with Crippen LogP contribution < -0.4 is 4.74 Å². The molecule has 2 aromatic rings. The van der Waals surface area contributed by atoms with E-state index in [1.54, 1.807) is 0 Å². The predicted octanol–water partition coefficient (Wildman–Crippen LogP) is 4.95. The number of rotatable bonds is 6. The lowest BCUT2D eigenvalue weighted by Gasteiger charge is -2.32. The van der Waals surface area contributed by atoms with E-state index in [0.29, 0.717) is 6.04 Å². The first-order valence-electron chi connectivity index (χ1n) is 8.81. The number of hydrogen-bond acceptors (Lipinski definition) is 2. The maximum atomic E-state index is 6.18. The van der Waals surface area contributed by atoms with Crippen LogP contribution in [0.4, 0.5) is 0 Å². The molecule has 1 saturated heterocycles. The minimum Gasteiger partial charge on any atom is -0.492 e. The highest BCUT2D eigenvalue weighted by atomic mass is 35.5. The summed E-state index contributed by atoms with van der Waals surface area (Å²) in [5, 5.41) is 0. The van der Waals surface area contributed by atoms with Gasteiger partial charge in [-0.15, -0.1) is 12.4 Å². The molecule has 0 radical (unpaired) electrons. The maximum absolute atomic E-state index is 6.18. The van der Waals surface area contributed by atoms with Crippen molar-refractivity contribution in [2.45, 2.75) is 38.6 Å². The molecule has 1 unspecified atom stereocenters. The van der Waals surface area contributed by atoms with Crippen LogP contribution in [-0.4, -0.2) is 30.6 Å². The Morgan fingerprint density at radius 1 is 0.917 bits per heavy atom. The standard InChI is InChI=1S/C21H27NO.ClH/c1-18(22-14-8-3-9-15-22)17-23-21-13-7-6-12-20(21)16-19-10-4-2-5-11-19;/h2,4-7,10-13,18H,3,8-9,14-17H2,1H3;1H. The van der Waals surface area contributed by atoms with Crippen molar-refractivity contribution in [1.29, 1.82) is 0 Å². The van der Waals surface area contributed by atoms with Gasteiger partial charge in [-0.1, -0.05) is 55.0 Å². The Balaban J connectivity index is 0.00000208. The Labute approximate surface area is 152 Å². The monoisotopic (exact) mass is 345 g/mol. The summed E-state index contributed by atoms with van der Waals surface area (Å²) in [6.07, 6.45) is 4.96. The lowest BCUT2D eigenvalue weighted by Crippen LogP contribution is -2.40. The van der Waals surface area contributed by atoms with E-state index in [1.807, 2.05) is 0 Å². The van der Waals surface area contributed by atoms with Crippen LogP contribution in [0, 0.1) is 0 Å². The van der Waals surface area contributed by atoms with Gasteiger partial charge in [0.2, 0.25) is 0 Å². The van der Waals surface area contributed by atoms with E-state index >= 15 is 0 Å². The van der Waals surface area contributed by atoms with Crippen LogP contribution in [0.15, 0.2) is 54.6 Å². The fraction of sp³-hybridized carbons (Fsp3) is 0.429. The summed E-state index contributed by atoms with van der Waals surface area (Å²) in [6.45, 7) is 5.49. The molecule has 0 aliphatic carbocycles. The average molecular weight is 346 g/mol. The smallest absolute Gasteiger partial charge is 0.122 e. The van der Waals surface area contributed by atoms with Gasteiger partial charge in [0.05, 0.1) is 0 Å². The zero-order chi connectivity index (χ0) is 15.9. The van der Waals surface area contributed by atoms with Gasteiger partial charge in [-0.3, -0.25) is 4.90 Å². The summed E-state index contributed by atoms with van der Waals surface area (Å²) in [5.41, 5.74) is 2.59. The largest absolute Gasteiger partial charge is 0.492 e. The van der Waals surface area contributed by atoms with Crippen molar-refractivity contribution < 1.29 is 4.74 Å². The van der Waals surface area contributed by atoms with Gasteiger partial charge in [-0.2, -0.15) is 0 Å². The second kappa shape index (κ2) is 9.71. The second-order valence-electron chi connectivity index (χ2n) is 6.53. The summed E-state index contributed by atoms with van der Waals surface area (Å²) >= 11 is 0. The molecular weight excluding hydrogens is 318 g/mol. The van der Waals surface area contributed by atoms with Gasteiger partial charge < -0.3 is 4.74 Å². The van der Waals surface area contributed by atoms with Crippen molar-refractivity contribution in [3.05, 3.63) is 65.7 Å². The maximum Gasteiger partial charge on any atom is 0.122 e. The highest BCUT2D eigenvalue weighted by Gasteiger charge is 2.17. The molecule has 0 aromatic heterocycles. The minimum atomic E-state index is 0. The Kier molecular flexibility index (Phi) is 7.61. The normalized spacial score (nSPS) is 16.2. The molecule has 0 amide bonds. The zero-order valence-corrected chi connectivity index (χ0v) is 15.3. The Bertz CT molecular complexity index is 596. The van der Waals surface area contributed by atoms with Crippen LogP contribution in [0.3, 0.4) is 0 Å². The number of hydrogen-bond donors (Lipinski definition) is 0. The number of para-hydroxylation sites is 1. The molecule has 24 heavy (non-hydrogen) atoms. The van der Waals surface area contributed by atoms with Gasteiger partial charge in [0, 0.05) is 12.5 Å². The lowest BCUT2D eigenvalue weighted by molar-refractivity contribution is 0.124. The highest BCUT2D eigenvalue weighted by molar-refractivity contribution is 5.85. The van der Waals surface area contributed by atoms with Gasteiger partial charge in [0.15, 0.2) is 0 Å². The fourth-order valence-corrected chi connectivity index (χ4v) is 3.28. The third kappa shape index (κ3) is 5.25. The number of ether oxygens (including phenoxy) is 1. The molecule has 0 spiro atoms. The molecule has 0 N–H and O–H groups in total. The van der Waals surface area contributed by atoms with Crippen molar-refractivity contribution >= 4 is 12.4 Å². The molecule has 1 aliphatic heterocycles. The zero-order valence-electron chi connectivity index (χ0n) is 14.5. The third-order valence-electron chi connectivity index (χ3n) is 4.70. The molecule has 1 aliphatic rings. The number of halogens is 1. The number of piperidine rings is 1. The van der Waals surface area contributed by atoms with Crippen LogP contribution in [0.1, 0.15) is 37.3 Å². The van der Waals surface area contributed by atoms with Crippen LogP contribution in [0.2, 0.25) is 0 Å².